The lowest BCUT2D eigenvalue weighted by Gasteiger charge is -2.12. The molecule has 2 aliphatic carbocycles. The van der Waals surface area contributed by atoms with Crippen LogP contribution in [0.5, 0.6) is 0 Å². The first kappa shape index (κ1) is 14.5. The summed E-state index contributed by atoms with van der Waals surface area (Å²) < 4.78 is 0. The van der Waals surface area contributed by atoms with E-state index >= 15 is 0 Å². The zero-order chi connectivity index (χ0) is 15.6. The molecule has 1 atom stereocenters. The smallest absolute Gasteiger partial charge is 0.227 e. The van der Waals surface area contributed by atoms with Crippen LogP contribution in [0.25, 0.3) is 0 Å². The first-order valence-corrected chi connectivity index (χ1v) is 8.73. The van der Waals surface area contributed by atoms with E-state index in [1.807, 2.05) is 6.07 Å². The van der Waals surface area contributed by atoms with Crippen molar-refractivity contribution < 1.29 is 4.79 Å². The van der Waals surface area contributed by atoms with Gasteiger partial charge in [0.05, 0.1) is 18.2 Å². The second-order valence-electron chi connectivity index (χ2n) is 6.70. The Labute approximate surface area is 136 Å². The van der Waals surface area contributed by atoms with Crippen LogP contribution in [0.2, 0.25) is 0 Å². The van der Waals surface area contributed by atoms with Crippen molar-refractivity contribution in [3.8, 4) is 0 Å². The van der Waals surface area contributed by atoms with Crippen molar-refractivity contribution in [2.24, 2.45) is 0 Å². The van der Waals surface area contributed by atoms with Gasteiger partial charge in [0.1, 0.15) is 0 Å². The maximum Gasteiger partial charge on any atom is 0.227 e. The van der Waals surface area contributed by atoms with E-state index in [0.717, 1.165) is 31.4 Å². The summed E-state index contributed by atoms with van der Waals surface area (Å²) in [7, 11) is 0. The number of fused-ring (bicyclic) bond motifs is 2. The summed E-state index contributed by atoms with van der Waals surface area (Å²) in [5, 5.41) is 10.7. The Morgan fingerprint density at radius 2 is 2.04 bits per heavy atom. The van der Waals surface area contributed by atoms with Crippen LogP contribution in [-0.2, 0) is 30.6 Å². The number of aromatic amines is 1. The lowest BCUT2D eigenvalue weighted by molar-refractivity contribution is -0.122. The van der Waals surface area contributed by atoms with Crippen molar-refractivity contribution in [2.75, 3.05) is 0 Å². The van der Waals surface area contributed by atoms with E-state index in [0.29, 0.717) is 6.54 Å². The molecule has 2 N–H and O–H groups in total. The number of H-pyrrole nitrogens is 1. The van der Waals surface area contributed by atoms with Crippen LogP contribution in [0.4, 0.5) is 0 Å². The van der Waals surface area contributed by atoms with E-state index in [4.69, 9.17) is 0 Å². The number of nitrogens with one attached hydrogen (secondary N) is 2. The average Bonchev–Trinajstić information content (AvgIpc) is 3.10. The Kier molecular flexibility index (Phi) is 3.90. The highest BCUT2D eigenvalue weighted by Gasteiger charge is 2.28. The van der Waals surface area contributed by atoms with Crippen LogP contribution in [0.3, 0.4) is 0 Å². The van der Waals surface area contributed by atoms with Gasteiger partial charge in [-0.05, 0) is 55.2 Å². The molecule has 1 heterocycles. The summed E-state index contributed by atoms with van der Waals surface area (Å²) in [5.41, 5.74) is 6.17. The molecule has 1 amide bonds. The third kappa shape index (κ3) is 2.78. The largest absolute Gasteiger partial charge is 0.350 e. The van der Waals surface area contributed by atoms with E-state index < -0.39 is 0 Å². The zero-order valence-electron chi connectivity index (χ0n) is 13.4. The van der Waals surface area contributed by atoms with E-state index in [-0.39, 0.29) is 11.8 Å². The molecule has 4 rings (SSSR count). The minimum Gasteiger partial charge on any atom is -0.350 e. The van der Waals surface area contributed by atoms with E-state index in [9.17, 15) is 4.79 Å². The molecule has 0 saturated heterocycles. The molecule has 1 aromatic heterocycles. The molecule has 1 aromatic carbocycles. The van der Waals surface area contributed by atoms with Crippen LogP contribution >= 0.6 is 0 Å². The summed E-state index contributed by atoms with van der Waals surface area (Å²) in [6.07, 6.45) is 7.85. The van der Waals surface area contributed by atoms with Gasteiger partial charge in [-0.25, -0.2) is 0 Å². The van der Waals surface area contributed by atoms with Gasteiger partial charge in [0.2, 0.25) is 5.91 Å². The zero-order valence-corrected chi connectivity index (χ0v) is 13.4. The third-order valence-corrected chi connectivity index (χ3v) is 5.27. The first-order valence-electron chi connectivity index (χ1n) is 8.73. The molecule has 0 bridgehead atoms. The molecule has 0 fully saturated rings. The first-order chi connectivity index (χ1) is 11.3. The molecule has 2 aliphatic rings. The van der Waals surface area contributed by atoms with E-state index in [1.54, 1.807) is 0 Å². The number of hydrogen-bond donors (Lipinski definition) is 2. The number of carbonyl (C=O) groups excluding carboxylic acids is 1. The molecule has 120 valence electrons. The summed E-state index contributed by atoms with van der Waals surface area (Å²) in [4.78, 5) is 12.6. The van der Waals surface area contributed by atoms with E-state index in [1.165, 1.54) is 41.6 Å². The van der Waals surface area contributed by atoms with Gasteiger partial charge in [0.25, 0.3) is 0 Å². The average molecular weight is 309 g/mol. The highest BCUT2D eigenvalue weighted by atomic mass is 16.1. The lowest BCUT2D eigenvalue weighted by Crippen LogP contribution is -2.28. The molecular weight excluding hydrogens is 286 g/mol. The van der Waals surface area contributed by atoms with Crippen LogP contribution in [0.15, 0.2) is 24.3 Å². The fraction of sp³-hybridized carbons (Fsp3) is 0.474. The predicted molar refractivity (Wildman–Crippen MR) is 89.2 cm³/mol. The number of hydrogen-bond acceptors (Lipinski definition) is 2. The SMILES string of the molecule is O=C(NCc1n[nH]c2c1CCCCC2)[C@@H]1CCc2ccccc21. The molecule has 23 heavy (non-hydrogen) atoms. The number of nitrogens with zero attached hydrogens (tertiary/aromatic N) is 1. The van der Waals surface area contributed by atoms with Crippen molar-refractivity contribution in [3.05, 3.63) is 52.3 Å². The number of rotatable bonds is 3. The molecule has 0 aliphatic heterocycles. The molecule has 0 unspecified atom stereocenters. The number of aryl methyl sites for hydroxylation is 2. The second kappa shape index (κ2) is 6.19. The molecule has 0 saturated carbocycles. The standard InChI is InChI=1S/C19H23N3O/c23-19(15-11-10-13-6-4-5-7-14(13)15)20-12-18-16-8-2-1-3-9-17(16)21-22-18/h4-7,15H,1-3,8-12H2,(H,20,23)(H,21,22)/t15-/m1/s1. The minimum absolute atomic E-state index is 0.00347. The predicted octanol–water partition coefficient (Wildman–Crippen LogP) is 3.02. The topological polar surface area (TPSA) is 57.8 Å². The quantitative estimate of drug-likeness (QED) is 0.856. The summed E-state index contributed by atoms with van der Waals surface area (Å²) in [6, 6.07) is 8.31. The lowest BCUT2D eigenvalue weighted by atomic mass is 10.0. The summed E-state index contributed by atoms with van der Waals surface area (Å²) in [6.45, 7) is 0.545. The molecule has 0 spiro atoms. The van der Waals surface area contributed by atoms with Gasteiger partial charge in [-0.1, -0.05) is 30.7 Å². The Morgan fingerprint density at radius 1 is 1.17 bits per heavy atom. The van der Waals surface area contributed by atoms with Gasteiger partial charge < -0.3 is 5.32 Å². The van der Waals surface area contributed by atoms with Gasteiger partial charge in [-0.2, -0.15) is 5.10 Å². The fourth-order valence-corrected chi connectivity index (χ4v) is 4.00. The normalized spacial score (nSPS) is 19.7. The minimum atomic E-state index is 0.00347. The van der Waals surface area contributed by atoms with Gasteiger partial charge in [0.15, 0.2) is 0 Å². The van der Waals surface area contributed by atoms with Gasteiger partial charge >= 0.3 is 0 Å². The molecule has 4 nitrogen and oxygen atoms in total. The Hall–Kier alpha value is -2.10. The van der Waals surface area contributed by atoms with Crippen LogP contribution in [0.1, 0.15) is 59.7 Å². The summed E-state index contributed by atoms with van der Waals surface area (Å²) >= 11 is 0. The molecule has 4 heteroatoms. The molecular formula is C19H23N3O. The maximum absolute atomic E-state index is 12.6. The van der Waals surface area contributed by atoms with Crippen LogP contribution in [0, 0.1) is 0 Å². The number of benzene rings is 1. The Bertz CT molecular complexity index is 719. The Morgan fingerprint density at radius 3 is 3.00 bits per heavy atom. The van der Waals surface area contributed by atoms with Crippen molar-refractivity contribution in [2.45, 2.75) is 57.4 Å². The van der Waals surface area contributed by atoms with Crippen molar-refractivity contribution in [1.82, 2.24) is 15.5 Å². The number of carbonyl (C=O) groups is 1. The van der Waals surface area contributed by atoms with Crippen LogP contribution < -0.4 is 5.32 Å². The van der Waals surface area contributed by atoms with Gasteiger partial charge in [-0.15, -0.1) is 0 Å². The fourth-order valence-electron chi connectivity index (χ4n) is 4.00. The van der Waals surface area contributed by atoms with Crippen molar-refractivity contribution in [3.63, 3.8) is 0 Å². The number of amides is 1. The van der Waals surface area contributed by atoms with Gasteiger partial charge in [-0.3, -0.25) is 9.89 Å². The van der Waals surface area contributed by atoms with E-state index in [2.05, 4.69) is 33.7 Å². The second-order valence-corrected chi connectivity index (χ2v) is 6.70. The highest BCUT2D eigenvalue weighted by Crippen LogP contribution is 2.33. The summed E-state index contributed by atoms with van der Waals surface area (Å²) in [5.74, 6) is 0.143. The molecule has 2 aromatic rings. The van der Waals surface area contributed by atoms with Crippen molar-refractivity contribution in [1.29, 1.82) is 0 Å². The van der Waals surface area contributed by atoms with Crippen molar-refractivity contribution >= 4 is 5.91 Å². The highest BCUT2D eigenvalue weighted by molar-refractivity contribution is 5.84. The monoisotopic (exact) mass is 309 g/mol. The third-order valence-electron chi connectivity index (χ3n) is 5.27. The number of aromatic nitrogens is 2. The van der Waals surface area contributed by atoms with Gasteiger partial charge in [0, 0.05) is 5.69 Å². The van der Waals surface area contributed by atoms with Crippen LogP contribution in [-0.4, -0.2) is 16.1 Å². The Balaban J connectivity index is 1.44. The molecule has 0 radical (unpaired) electrons. The maximum atomic E-state index is 12.6.